The predicted octanol–water partition coefficient (Wildman–Crippen LogP) is -16.2. The normalized spacial score (nSPS) is 25.9. The van der Waals surface area contributed by atoms with E-state index < -0.39 is 0 Å². The molecule has 1 saturated heterocycles. The van der Waals surface area contributed by atoms with Crippen LogP contribution >= 0.6 is 11.3 Å². The summed E-state index contributed by atoms with van der Waals surface area (Å²) in [6.07, 6.45) is 4.75. The van der Waals surface area contributed by atoms with Crippen molar-refractivity contribution in [3.8, 4) is 5.75 Å². The molecule has 1 spiro atoms. The van der Waals surface area contributed by atoms with Gasteiger partial charge in [-0.15, -0.1) is 0 Å². The molecule has 2 aliphatic rings. The first-order valence-corrected chi connectivity index (χ1v) is 18.4. The van der Waals surface area contributed by atoms with Crippen molar-refractivity contribution in [2.45, 2.75) is 72.5 Å². The van der Waals surface area contributed by atoms with Crippen LogP contribution in [0.4, 0.5) is 0 Å². The SMILES string of the molecule is Bc1sc(C(B)(B)NC(B)(B)C[C@@]2(c3ccccn3)CC(B)(B)OC3(C2)C(B)(B)C(B)(B)C(B)(B)C3(B)B)c(OC(B)(B)B)c1B. The maximum absolute atomic E-state index is 7.60. The average Bonchev–Trinajstić information content (AvgIpc) is 3.16. The second kappa shape index (κ2) is 11.4. The summed E-state index contributed by atoms with van der Waals surface area (Å²) in [4.78, 5) is 6.44. The second-order valence-corrected chi connectivity index (χ2v) is 21.2. The van der Waals surface area contributed by atoms with Crippen molar-refractivity contribution in [3.63, 3.8) is 0 Å². The number of aromatic nitrogens is 1. The van der Waals surface area contributed by atoms with Gasteiger partial charge in [0.05, 0.1) is 31.4 Å². The smallest absolute Gasteiger partial charge is 0.152 e. The topological polar surface area (TPSA) is 43.4 Å². The number of hydrogen-bond donors (Lipinski definition) is 1. The fraction of sp³-hybridized carbons (Fsp3) is 0.591. The highest BCUT2D eigenvalue weighted by Gasteiger charge is 2.77. The molecule has 2 fully saturated rings. The molecular weight excluding hydrogens is 562 g/mol. The molecule has 1 aliphatic carbocycles. The Bertz CT molecular complexity index is 1450. The van der Waals surface area contributed by atoms with Gasteiger partial charge in [0.2, 0.25) is 0 Å². The lowest BCUT2D eigenvalue weighted by atomic mass is 9.17. The Balaban J connectivity index is 1.88. The molecule has 3 heterocycles. The Kier molecular flexibility index (Phi) is 9.57. The molecule has 2 aromatic rings. The lowest BCUT2D eigenvalue weighted by Gasteiger charge is -2.65. The molecule has 222 valence electrons. The molecule has 46 heavy (non-hydrogen) atoms. The fourth-order valence-corrected chi connectivity index (χ4v) is 11.4. The van der Waals surface area contributed by atoms with Crippen LogP contribution in [-0.4, -0.2) is 176 Å². The molecule has 1 N–H and O–H groups in total. The summed E-state index contributed by atoms with van der Waals surface area (Å²) >= 11 is 1.87. The summed E-state index contributed by atoms with van der Waals surface area (Å²) in [6, 6.07) is 6.51. The maximum Gasteiger partial charge on any atom is 0.152 e. The van der Waals surface area contributed by atoms with E-state index in [0.717, 1.165) is 25.0 Å². The Morgan fingerprint density at radius 3 is 1.83 bits per heavy atom. The summed E-state index contributed by atoms with van der Waals surface area (Å²) in [5.41, 5.74) is 1.84. The minimum absolute atomic E-state index is 0.0287. The van der Waals surface area contributed by atoms with E-state index in [-0.39, 0.29) is 53.2 Å². The highest BCUT2D eigenvalue weighted by Crippen LogP contribution is 2.84. The Morgan fingerprint density at radius 2 is 1.35 bits per heavy atom. The highest BCUT2D eigenvalue weighted by molar-refractivity contribution is 7.22. The third-order valence-corrected chi connectivity index (χ3v) is 15.0. The average molecular weight is 611 g/mol. The van der Waals surface area contributed by atoms with Crippen LogP contribution in [-0.2, 0) is 15.5 Å². The summed E-state index contributed by atoms with van der Waals surface area (Å²) in [5.74, 6) is 1.04. The van der Waals surface area contributed by atoms with E-state index in [0.29, 0.717) is 0 Å². The van der Waals surface area contributed by atoms with Crippen molar-refractivity contribution in [2.75, 3.05) is 0 Å². The van der Waals surface area contributed by atoms with Gasteiger partial charge in [-0.2, -0.15) is 11.3 Å². The number of nitrogens with zero attached hydrogens (tertiary/aromatic N) is 1. The first-order valence-electron chi connectivity index (χ1n) is 17.6. The van der Waals surface area contributed by atoms with Crippen molar-refractivity contribution in [3.05, 3.63) is 35.0 Å². The summed E-state index contributed by atoms with van der Waals surface area (Å²) < 4.78 is 15.6. The van der Waals surface area contributed by atoms with Crippen LogP contribution in [0, 0.1) is 0 Å². The monoisotopic (exact) mass is 615 g/mol. The van der Waals surface area contributed by atoms with Crippen molar-refractivity contribution in [2.24, 2.45) is 0 Å². The molecule has 0 amide bonds. The van der Waals surface area contributed by atoms with Gasteiger partial charge in [0.25, 0.3) is 0 Å². The number of nitrogens with one attached hydrogen (secondary N) is 1. The van der Waals surface area contributed by atoms with E-state index in [9.17, 15) is 0 Å². The van der Waals surface area contributed by atoms with Crippen molar-refractivity contribution >= 4 is 171 Å². The van der Waals surface area contributed by atoms with Gasteiger partial charge in [0.15, 0.2) is 7.85 Å². The van der Waals surface area contributed by atoms with Crippen LogP contribution < -0.4 is 20.3 Å². The van der Waals surface area contributed by atoms with Crippen LogP contribution in [0.15, 0.2) is 24.4 Å². The largest absolute Gasteiger partial charge is 0.513 e. The van der Waals surface area contributed by atoms with Gasteiger partial charge >= 0.3 is 0 Å². The van der Waals surface area contributed by atoms with E-state index in [2.05, 4.69) is 173 Å². The van der Waals surface area contributed by atoms with E-state index >= 15 is 0 Å². The maximum atomic E-state index is 7.60. The predicted molar refractivity (Wildman–Crippen MR) is 254 cm³/mol. The third kappa shape index (κ3) is 5.98. The van der Waals surface area contributed by atoms with Crippen molar-refractivity contribution < 1.29 is 9.47 Å². The third-order valence-electron chi connectivity index (χ3n) is 13.5. The van der Waals surface area contributed by atoms with E-state index in [1.165, 1.54) is 20.8 Å². The van der Waals surface area contributed by atoms with Crippen molar-refractivity contribution in [1.29, 1.82) is 0 Å². The first kappa shape index (κ1) is 38.6. The molecule has 4 rings (SSSR count). The molecule has 24 heteroatoms. The van der Waals surface area contributed by atoms with E-state index in [1.807, 2.05) is 17.5 Å². The van der Waals surface area contributed by atoms with Crippen LogP contribution in [0.5, 0.6) is 5.75 Å². The second-order valence-electron chi connectivity index (χ2n) is 20.0. The highest BCUT2D eigenvalue weighted by atomic mass is 32.1. The molecule has 1 saturated carbocycles. The molecule has 1 aliphatic heterocycles. The van der Waals surface area contributed by atoms with Gasteiger partial charge in [-0.1, -0.05) is 26.9 Å². The van der Waals surface area contributed by atoms with Crippen LogP contribution in [0.25, 0.3) is 0 Å². The zero-order chi connectivity index (χ0) is 35.4. The van der Waals surface area contributed by atoms with Gasteiger partial charge in [-0.3, -0.25) is 4.98 Å². The zero-order valence-corrected chi connectivity index (χ0v) is 33.9. The van der Waals surface area contributed by atoms with E-state index in [4.69, 9.17) is 14.5 Å². The summed E-state index contributed by atoms with van der Waals surface area (Å²) in [7, 11) is 44.8. The molecule has 0 bridgehead atoms. The summed E-state index contributed by atoms with van der Waals surface area (Å²) in [6.45, 7) is 0. The molecular formula is C22H49B19N2O2S. The molecule has 1 atom stereocenters. The standard InChI is InChI=1S/C22H49B19N2O2S/c23-9-10(44-22(39,40)41)11(46-12(9)24)17(29,30)43-15(25,26)6-13(8-3-1-2-4-42-8)5-14(45-16(27,28)7-13)18(31,32)20(35,36)21(37,38)19(14,33)34/h1-4,43H,5-7,23-41H2/t13-/m1/s1. The van der Waals surface area contributed by atoms with Gasteiger partial charge in [0.1, 0.15) is 116 Å². The first-order chi connectivity index (χ1) is 20.4. The zero-order valence-electron chi connectivity index (χ0n) is 33.1. The van der Waals surface area contributed by atoms with Crippen LogP contribution in [0.3, 0.4) is 0 Å². The number of thiophene rings is 1. The van der Waals surface area contributed by atoms with Gasteiger partial charge in [0, 0.05) is 38.5 Å². The number of rotatable bonds is 8. The Hall–Kier alpha value is -0.196. The lowest BCUT2D eigenvalue weighted by molar-refractivity contribution is -0.153. The number of hydrogen-bond acceptors (Lipinski definition) is 5. The van der Waals surface area contributed by atoms with E-state index in [1.54, 1.807) is 0 Å². The summed E-state index contributed by atoms with van der Waals surface area (Å²) in [5, 5.41) is 2.88. The quantitative estimate of drug-likeness (QED) is 0.302. The Labute approximate surface area is 302 Å². The lowest BCUT2D eigenvalue weighted by Crippen LogP contribution is -2.68. The molecule has 0 unspecified atom stereocenters. The molecule has 0 aromatic carbocycles. The van der Waals surface area contributed by atoms with Gasteiger partial charge < -0.3 is 14.8 Å². The Morgan fingerprint density at radius 1 is 0.804 bits per heavy atom. The minimum Gasteiger partial charge on any atom is -0.513 e. The fourth-order valence-electron chi connectivity index (χ4n) is 10.3. The van der Waals surface area contributed by atoms with Gasteiger partial charge in [-0.25, -0.2) is 0 Å². The number of ether oxygens (including phenoxy) is 2. The molecule has 2 aromatic heterocycles. The van der Waals surface area contributed by atoms with Crippen LogP contribution in [0.2, 0.25) is 20.9 Å². The van der Waals surface area contributed by atoms with Gasteiger partial charge in [-0.05, 0) is 52.3 Å². The number of pyridine rings is 1. The van der Waals surface area contributed by atoms with Crippen molar-refractivity contribution in [1.82, 2.24) is 10.3 Å². The molecule has 0 radical (unpaired) electrons. The minimum atomic E-state index is -0.381. The molecule has 4 nitrogen and oxygen atoms in total. The van der Waals surface area contributed by atoms with Crippen LogP contribution in [0.1, 0.15) is 29.8 Å².